The second-order valence-corrected chi connectivity index (χ2v) is 7.14. The molecule has 0 aliphatic rings. The minimum atomic E-state index is -0.100. The van der Waals surface area contributed by atoms with Crippen molar-refractivity contribution in [2.24, 2.45) is 0 Å². The summed E-state index contributed by atoms with van der Waals surface area (Å²) in [7, 11) is 4.11. The molecule has 0 spiro atoms. The molecule has 8 heteroatoms. The monoisotopic (exact) mass is 405 g/mol. The molecule has 0 bridgehead atoms. The van der Waals surface area contributed by atoms with Gasteiger partial charge in [-0.15, -0.1) is 0 Å². The van der Waals surface area contributed by atoms with Gasteiger partial charge in [0.15, 0.2) is 0 Å². The van der Waals surface area contributed by atoms with Gasteiger partial charge in [-0.25, -0.2) is 4.98 Å². The number of carbonyl (C=O) groups is 1. The van der Waals surface area contributed by atoms with Crippen molar-refractivity contribution in [3.63, 3.8) is 0 Å². The highest BCUT2D eigenvalue weighted by Gasteiger charge is 2.08. The van der Waals surface area contributed by atoms with Gasteiger partial charge in [0, 0.05) is 37.1 Å². The number of pyridine rings is 1. The molecule has 0 saturated heterocycles. The first kappa shape index (κ1) is 21.2. The van der Waals surface area contributed by atoms with Crippen molar-refractivity contribution in [1.29, 1.82) is 0 Å². The van der Waals surface area contributed by atoms with Crippen LogP contribution in [0.2, 0.25) is 0 Å². The Balaban J connectivity index is 1.79. The van der Waals surface area contributed by atoms with Crippen molar-refractivity contribution in [1.82, 2.24) is 19.9 Å². The number of carbonyl (C=O) groups excluding carboxylic acids is 1. The van der Waals surface area contributed by atoms with Gasteiger partial charge in [-0.3, -0.25) is 9.78 Å². The smallest absolute Gasteiger partial charge is 0.225 e. The van der Waals surface area contributed by atoms with Gasteiger partial charge in [0.1, 0.15) is 5.82 Å². The molecule has 0 unspecified atom stereocenters. The SMILES string of the molecule is CC(=O)Nc1ccc(Nc2cc(-c3ccccn3)nc(NCCCN(C)C)n2)cc1. The lowest BCUT2D eigenvalue weighted by Gasteiger charge is -2.13. The van der Waals surface area contributed by atoms with E-state index in [1.165, 1.54) is 6.92 Å². The quantitative estimate of drug-likeness (QED) is 0.468. The van der Waals surface area contributed by atoms with Gasteiger partial charge in [0.2, 0.25) is 11.9 Å². The van der Waals surface area contributed by atoms with E-state index < -0.39 is 0 Å². The van der Waals surface area contributed by atoms with Crippen LogP contribution in [-0.2, 0) is 4.79 Å². The highest BCUT2D eigenvalue weighted by Crippen LogP contribution is 2.23. The first-order valence-electron chi connectivity index (χ1n) is 9.83. The van der Waals surface area contributed by atoms with Gasteiger partial charge in [-0.1, -0.05) is 6.07 Å². The first-order chi connectivity index (χ1) is 14.5. The van der Waals surface area contributed by atoms with Crippen LogP contribution in [0.1, 0.15) is 13.3 Å². The maximum absolute atomic E-state index is 11.2. The molecule has 0 radical (unpaired) electrons. The van der Waals surface area contributed by atoms with Crippen LogP contribution >= 0.6 is 0 Å². The zero-order chi connectivity index (χ0) is 21.3. The molecule has 1 amide bonds. The fourth-order valence-electron chi connectivity index (χ4n) is 2.82. The lowest BCUT2D eigenvalue weighted by molar-refractivity contribution is -0.114. The van der Waals surface area contributed by atoms with Gasteiger partial charge in [-0.2, -0.15) is 4.98 Å². The first-order valence-corrected chi connectivity index (χ1v) is 9.83. The second kappa shape index (κ2) is 10.3. The summed E-state index contributed by atoms with van der Waals surface area (Å²) in [5.74, 6) is 1.11. The number of rotatable bonds is 9. The minimum absolute atomic E-state index is 0.100. The van der Waals surface area contributed by atoms with Gasteiger partial charge >= 0.3 is 0 Å². The van der Waals surface area contributed by atoms with E-state index in [2.05, 4.69) is 49.9 Å². The van der Waals surface area contributed by atoms with Crippen LogP contribution in [0.5, 0.6) is 0 Å². The summed E-state index contributed by atoms with van der Waals surface area (Å²) in [6.07, 6.45) is 2.73. The molecule has 3 N–H and O–H groups in total. The summed E-state index contributed by atoms with van der Waals surface area (Å²) in [4.78, 5) is 27.0. The molecule has 3 rings (SSSR count). The van der Waals surface area contributed by atoms with E-state index in [9.17, 15) is 4.79 Å². The fourth-order valence-corrected chi connectivity index (χ4v) is 2.82. The molecule has 3 aromatic rings. The van der Waals surface area contributed by atoms with E-state index in [4.69, 9.17) is 0 Å². The summed E-state index contributed by atoms with van der Waals surface area (Å²) < 4.78 is 0. The summed E-state index contributed by atoms with van der Waals surface area (Å²) in [5, 5.41) is 9.36. The summed E-state index contributed by atoms with van der Waals surface area (Å²) >= 11 is 0. The van der Waals surface area contributed by atoms with Crippen molar-refractivity contribution in [2.75, 3.05) is 43.1 Å². The zero-order valence-corrected chi connectivity index (χ0v) is 17.5. The maximum Gasteiger partial charge on any atom is 0.225 e. The molecule has 0 fully saturated rings. The van der Waals surface area contributed by atoms with Crippen molar-refractivity contribution >= 4 is 29.0 Å². The van der Waals surface area contributed by atoms with Gasteiger partial charge in [0.05, 0.1) is 11.4 Å². The zero-order valence-electron chi connectivity index (χ0n) is 17.5. The highest BCUT2D eigenvalue weighted by molar-refractivity contribution is 5.88. The molecular formula is C22H27N7O. The third kappa shape index (κ3) is 6.52. The third-order valence-electron chi connectivity index (χ3n) is 4.20. The number of anilines is 4. The van der Waals surface area contributed by atoms with Crippen LogP contribution in [0.15, 0.2) is 54.7 Å². The molecule has 30 heavy (non-hydrogen) atoms. The number of nitrogens with one attached hydrogen (secondary N) is 3. The predicted molar refractivity (Wildman–Crippen MR) is 121 cm³/mol. The normalized spacial score (nSPS) is 10.7. The molecule has 156 valence electrons. The largest absolute Gasteiger partial charge is 0.354 e. The van der Waals surface area contributed by atoms with E-state index in [1.807, 2.05) is 48.5 Å². The van der Waals surface area contributed by atoms with Crippen LogP contribution in [0, 0.1) is 0 Å². The highest BCUT2D eigenvalue weighted by atomic mass is 16.1. The van der Waals surface area contributed by atoms with Crippen molar-refractivity contribution < 1.29 is 4.79 Å². The molecule has 0 aliphatic heterocycles. The second-order valence-electron chi connectivity index (χ2n) is 7.14. The summed E-state index contributed by atoms with van der Waals surface area (Å²) in [6.45, 7) is 3.24. The van der Waals surface area contributed by atoms with Gasteiger partial charge in [0.25, 0.3) is 0 Å². The average Bonchev–Trinajstić information content (AvgIpc) is 2.73. The van der Waals surface area contributed by atoms with Crippen LogP contribution in [-0.4, -0.2) is 52.9 Å². The minimum Gasteiger partial charge on any atom is -0.354 e. The number of hydrogen-bond donors (Lipinski definition) is 3. The van der Waals surface area contributed by atoms with Gasteiger partial charge < -0.3 is 20.9 Å². The molecule has 1 aromatic carbocycles. The Hall–Kier alpha value is -3.52. The van der Waals surface area contributed by atoms with E-state index in [-0.39, 0.29) is 5.91 Å². The lowest BCUT2D eigenvalue weighted by Crippen LogP contribution is -2.17. The van der Waals surface area contributed by atoms with Crippen LogP contribution in [0.25, 0.3) is 11.4 Å². The number of hydrogen-bond acceptors (Lipinski definition) is 7. The molecule has 0 saturated carbocycles. The standard InChI is InChI=1S/C22H27N7O/c1-16(30)25-17-8-10-18(11-9-17)26-21-15-20(19-7-4-5-12-23-19)27-22(28-21)24-13-6-14-29(2)3/h4-5,7-12,15H,6,13-14H2,1-3H3,(H,25,30)(H2,24,26,27,28). The van der Waals surface area contributed by atoms with Crippen molar-refractivity contribution in [3.05, 3.63) is 54.7 Å². The van der Waals surface area contributed by atoms with Crippen molar-refractivity contribution in [3.8, 4) is 11.4 Å². The Labute approximate surface area is 176 Å². The molecular weight excluding hydrogens is 378 g/mol. The molecule has 8 nitrogen and oxygen atoms in total. The molecule has 2 aromatic heterocycles. The van der Waals surface area contributed by atoms with E-state index in [1.54, 1.807) is 6.20 Å². The summed E-state index contributed by atoms with van der Waals surface area (Å²) in [6, 6.07) is 15.1. The van der Waals surface area contributed by atoms with Crippen LogP contribution < -0.4 is 16.0 Å². The van der Waals surface area contributed by atoms with Crippen LogP contribution in [0.4, 0.5) is 23.1 Å². The fraction of sp³-hybridized carbons (Fsp3) is 0.273. The van der Waals surface area contributed by atoms with E-state index >= 15 is 0 Å². The van der Waals surface area contributed by atoms with E-state index in [0.717, 1.165) is 42.3 Å². The lowest BCUT2D eigenvalue weighted by atomic mass is 10.2. The number of benzene rings is 1. The Kier molecular flexibility index (Phi) is 7.29. The Morgan fingerprint density at radius 1 is 1.00 bits per heavy atom. The number of nitrogens with zero attached hydrogens (tertiary/aromatic N) is 4. The Bertz CT molecular complexity index is 959. The maximum atomic E-state index is 11.2. The van der Waals surface area contributed by atoms with Crippen molar-refractivity contribution in [2.45, 2.75) is 13.3 Å². The Morgan fingerprint density at radius 2 is 1.77 bits per heavy atom. The van der Waals surface area contributed by atoms with Gasteiger partial charge in [-0.05, 0) is 63.5 Å². The number of aromatic nitrogens is 3. The predicted octanol–water partition coefficient (Wildman–Crippen LogP) is 3.60. The molecule has 0 aliphatic carbocycles. The Morgan fingerprint density at radius 3 is 2.43 bits per heavy atom. The number of amides is 1. The average molecular weight is 406 g/mol. The third-order valence-corrected chi connectivity index (χ3v) is 4.20. The molecule has 2 heterocycles. The summed E-state index contributed by atoms with van der Waals surface area (Å²) in [5.41, 5.74) is 3.11. The van der Waals surface area contributed by atoms with Crippen LogP contribution in [0.3, 0.4) is 0 Å². The van der Waals surface area contributed by atoms with E-state index in [0.29, 0.717) is 11.8 Å². The molecule has 0 atom stereocenters. The topological polar surface area (TPSA) is 95.1 Å².